The van der Waals surface area contributed by atoms with Crippen LogP contribution in [0.1, 0.15) is 32.0 Å². The van der Waals surface area contributed by atoms with Crippen molar-refractivity contribution in [2.45, 2.75) is 43.5 Å². The zero-order valence-corrected chi connectivity index (χ0v) is 12.3. The fourth-order valence-electron chi connectivity index (χ4n) is 2.12. The molecule has 0 atom stereocenters. The van der Waals surface area contributed by atoms with Crippen molar-refractivity contribution in [1.29, 1.82) is 0 Å². The summed E-state index contributed by atoms with van der Waals surface area (Å²) in [5.41, 5.74) is 3.53. The van der Waals surface area contributed by atoms with Crippen LogP contribution < -0.4 is 5.32 Å². The second-order valence-electron chi connectivity index (χ2n) is 5.83. The first kappa shape index (κ1) is 12.8. The maximum atomic E-state index is 5.58. The number of rotatable bonds is 2. The van der Waals surface area contributed by atoms with E-state index in [2.05, 4.69) is 49.4 Å². The highest BCUT2D eigenvalue weighted by Gasteiger charge is 2.24. The normalized spacial score (nSPS) is 14.1. The Kier molecular flexibility index (Phi) is 3.15. The van der Waals surface area contributed by atoms with E-state index >= 15 is 0 Å². The minimum absolute atomic E-state index is 0.0888. The zero-order valence-electron chi connectivity index (χ0n) is 11.5. The Morgan fingerprint density at radius 1 is 1.32 bits per heavy atom. The molecule has 0 spiro atoms. The molecule has 4 heteroatoms. The van der Waals surface area contributed by atoms with Crippen LogP contribution in [0.5, 0.6) is 0 Å². The van der Waals surface area contributed by atoms with Crippen molar-refractivity contribution in [2.24, 2.45) is 0 Å². The van der Waals surface area contributed by atoms with Gasteiger partial charge in [0.05, 0.1) is 0 Å². The minimum atomic E-state index is 0.0888. The molecular weight excluding hydrogens is 256 g/mol. The summed E-state index contributed by atoms with van der Waals surface area (Å²) in [6, 6.07) is 8.35. The van der Waals surface area contributed by atoms with Crippen LogP contribution in [0.25, 0.3) is 11.3 Å². The largest absolute Gasteiger partial charge is 0.356 e. The molecule has 1 N–H and O–H groups in total. The third kappa shape index (κ3) is 2.55. The number of fused-ring (bicyclic) bond motifs is 3. The van der Waals surface area contributed by atoms with Gasteiger partial charge in [0.15, 0.2) is 5.76 Å². The fraction of sp³-hybridized carbons (Fsp3) is 0.400. The predicted octanol–water partition coefficient (Wildman–Crippen LogP) is 3.84. The number of benzene rings is 1. The molecule has 1 aromatic heterocycles. The lowest BCUT2D eigenvalue weighted by Gasteiger charge is -2.20. The number of hydrogen-bond donors (Lipinski definition) is 1. The van der Waals surface area contributed by atoms with Gasteiger partial charge in [-0.3, -0.25) is 0 Å². The van der Waals surface area contributed by atoms with Gasteiger partial charge in [-0.2, -0.15) is 0 Å². The molecule has 0 saturated heterocycles. The van der Waals surface area contributed by atoms with Crippen LogP contribution in [-0.2, 0) is 12.3 Å². The number of aromatic nitrogens is 1. The Bertz CT molecular complexity index is 598. The van der Waals surface area contributed by atoms with E-state index in [0.29, 0.717) is 0 Å². The van der Waals surface area contributed by atoms with Gasteiger partial charge in [0, 0.05) is 33.9 Å². The van der Waals surface area contributed by atoms with Crippen molar-refractivity contribution in [2.75, 3.05) is 0 Å². The molecule has 0 saturated carbocycles. The van der Waals surface area contributed by atoms with Crippen molar-refractivity contribution < 1.29 is 4.52 Å². The molecule has 0 radical (unpaired) electrons. The average Bonchev–Trinajstić information content (AvgIpc) is 2.79. The summed E-state index contributed by atoms with van der Waals surface area (Å²) in [6.45, 7) is 7.22. The van der Waals surface area contributed by atoms with Gasteiger partial charge in [-0.1, -0.05) is 17.3 Å². The van der Waals surface area contributed by atoms with Gasteiger partial charge in [0.2, 0.25) is 0 Å². The highest BCUT2D eigenvalue weighted by Crippen LogP contribution is 2.42. The number of hydrogen-bond acceptors (Lipinski definition) is 4. The Labute approximate surface area is 117 Å². The van der Waals surface area contributed by atoms with Crippen LogP contribution in [0.4, 0.5) is 0 Å². The summed E-state index contributed by atoms with van der Waals surface area (Å²) in [4.78, 5) is 1.28. The van der Waals surface area contributed by atoms with E-state index in [0.717, 1.165) is 23.8 Å². The van der Waals surface area contributed by atoms with Crippen LogP contribution >= 0.6 is 11.8 Å². The van der Waals surface area contributed by atoms with Gasteiger partial charge >= 0.3 is 0 Å². The van der Waals surface area contributed by atoms with E-state index in [-0.39, 0.29) is 5.54 Å². The lowest BCUT2D eigenvalue weighted by molar-refractivity contribution is 0.392. The van der Waals surface area contributed by atoms with Crippen LogP contribution in [0, 0.1) is 0 Å². The van der Waals surface area contributed by atoms with Crippen molar-refractivity contribution in [3.05, 3.63) is 35.5 Å². The lowest BCUT2D eigenvalue weighted by atomic mass is 10.1. The quantitative estimate of drug-likeness (QED) is 0.903. The first-order valence-electron chi connectivity index (χ1n) is 6.49. The summed E-state index contributed by atoms with van der Waals surface area (Å²) in [6.07, 6.45) is 0. The molecule has 2 heterocycles. The topological polar surface area (TPSA) is 38.1 Å². The molecule has 3 rings (SSSR count). The summed E-state index contributed by atoms with van der Waals surface area (Å²) < 4.78 is 5.58. The van der Waals surface area contributed by atoms with E-state index in [9.17, 15) is 0 Å². The Balaban J connectivity index is 1.91. The summed E-state index contributed by atoms with van der Waals surface area (Å²) in [5, 5.41) is 7.72. The van der Waals surface area contributed by atoms with Crippen molar-refractivity contribution in [3.8, 4) is 11.3 Å². The first-order chi connectivity index (χ1) is 9.04. The second kappa shape index (κ2) is 4.69. The number of nitrogens with one attached hydrogen (secondary N) is 1. The number of thioether (sulfide) groups is 1. The highest BCUT2D eigenvalue weighted by atomic mass is 32.2. The SMILES string of the molecule is CC(C)(C)NCc1noc2c1CSc1ccccc1-2. The van der Waals surface area contributed by atoms with E-state index in [1.165, 1.54) is 16.0 Å². The van der Waals surface area contributed by atoms with Crippen LogP contribution in [0.3, 0.4) is 0 Å². The monoisotopic (exact) mass is 274 g/mol. The molecular formula is C15H18N2OS. The van der Waals surface area contributed by atoms with Crippen molar-refractivity contribution >= 4 is 11.8 Å². The lowest BCUT2D eigenvalue weighted by Crippen LogP contribution is -2.35. The predicted molar refractivity (Wildman–Crippen MR) is 78.1 cm³/mol. The molecule has 0 amide bonds. The van der Waals surface area contributed by atoms with Gasteiger partial charge < -0.3 is 9.84 Å². The molecule has 1 aromatic carbocycles. The van der Waals surface area contributed by atoms with Gasteiger partial charge in [-0.15, -0.1) is 11.8 Å². The summed E-state index contributed by atoms with van der Waals surface area (Å²) in [5.74, 6) is 1.89. The van der Waals surface area contributed by atoms with Gasteiger partial charge in [-0.25, -0.2) is 0 Å². The molecule has 19 heavy (non-hydrogen) atoms. The maximum Gasteiger partial charge on any atom is 0.172 e. The smallest absolute Gasteiger partial charge is 0.172 e. The van der Waals surface area contributed by atoms with Crippen molar-refractivity contribution in [1.82, 2.24) is 10.5 Å². The molecule has 3 nitrogen and oxygen atoms in total. The third-order valence-corrected chi connectivity index (χ3v) is 4.26. The van der Waals surface area contributed by atoms with Crippen LogP contribution in [0.15, 0.2) is 33.7 Å². The van der Waals surface area contributed by atoms with Crippen LogP contribution in [-0.4, -0.2) is 10.7 Å². The third-order valence-electron chi connectivity index (χ3n) is 3.16. The van der Waals surface area contributed by atoms with E-state index in [4.69, 9.17) is 4.52 Å². The highest BCUT2D eigenvalue weighted by molar-refractivity contribution is 7.98. The van der Waals surface area contributed by atoms with E-state index in [1.54, 1.807) is 0 Å². The Morgan fingerprint density at radius 3 is 2.89 bits per heavy atom. The van der Waals surface area contributed by atoms with Crippen molar-refractivity contribution in [3.63, 3.8) is 0 Å². The van der Waals surface area contributed by atoms with E-state index in [1.807, 2.05) is 17.8 Å². The average molecular weight is 274 g/mol. The van der Waals surface area contributed by atoms with E-state index < -0.39 is 0 Å². The summed E-state index contributed by atoms with van der Waals surface area (Å²) >= 11 is 1.86. The standard InChI is InChI=1S/C15H18N2OS/c1-15(2,3)16-8-12-11-9-19-13-7-5-4-6-10(13)14(11)18-17-12/h4-7,16H,8-9H2,1-3H3. The summed E-state index contributed by atoms with van der Waals surface area (Å²) in [7, 11) is 0. The molecule has 0 fully saturated rings. The first-order valence-corrected chi connectivity index (χ1v) is 7.48. The molecule has 2 aromatic rings. The Hall–Kier alpha value is -1.26. The fourth-order valence-corrected chi connectivity index (χ4v) is 3.21. The minimum Gasteiger partial charge on any atom is -0.356 e. The molecule has 1 aliphatic rings. The van der Waals surface area contributed by atoms with Gasteiger partial charge in [0.1, 0.15) is 5.69 Å². The zero-order chi connectivity index (χ0) is 13.5. The molecule has 0 aliphatic carbocycles. The maximum absolute atomic E-state index is 5.58. The molecule has 1 aliphatic heterocycles. The molecule has 100 valence electrons. The molecule has 0 unspecified atom stereocenters. The van der Waals surface area contributed by atoms with Crippen LogP contribution in [0.2, 0.25) is 0 Å². The number of nitrogens with zero attached hydrogens (tertiary/aromatic N) is 1. The Morgan fingerprint density at radius 2 is 2.11 bits per heavy atom. The van der Waals surface area contributed by atoms with Gasteiger partial charge in [0.25, 0.3) is 0 Å². The molecule has 0 bridgehead atoms. The van der Waals surface area contributed by atoms with Gasteiger partial charge in [-0.05, 0) is 32.9 Å². The second-order valence-corrected chi connectivity index (χ2v) is 6.84.